The minimum atomic E-state index is -0.699. The van der Waals surface area contributed by atoms with Crippen molar-refractivity contribution in [1.82, 2.24) is 4.90 Å². The van der Waals surface area contributed by atoms with Gasteiger partial charge in [0.2, 0.25) is 5.91 Å². The van der Waals surface area contributed by atoms with E-state index in [1.54, 1.807) is 24.3 Å². The fourth-order valence-electron chi connectivity index (χ4n) is 2.23. The Bertz CT molecular complexity index is 551. The van der Waals surface area contributed by atoms with Crippen molar-refractivity contribution in [2.45, 2.75) is 12.8 Å². The molecular formula is C14H16ClN3O3. The number of likely N-dealkylation sites (tertiary alicyclic amines) is 1. The predicted octanol–water partition coefficient (Wildman–Crippen LogP) is 1.00. The maximum atomic E-state index is 12.0. The lowest BCUT2D eigenvalue weighted by atomic mass is 9.96. The Morgan fingerprint density at radius 3 is 2.24 bits per heavy atom. The maximum absolute atomic E-state index is 12.0. The van der Waals surface area contributed by atoms with Crippen LogP contribution in [0.1, 0.15) is 12.8 Å². The molecule has 1 heterocycles. The van der Waals surface area contributed by atoms with Crippen molar-refractivity contribution in [3.63, 3.8) is 0 Å². The number of carbonyl (C=O) groups is 3. The number of hydrogen-bond donors (Lipinski definition) is 2. The summed E-state index contributed by atoms with van der Waals surface area (Å²) in [5.74, 6) is -1.87. The van der Waals surface area contributed by atoms with Gasteiger partial charge in [-0.2, -0.15) is 0 Å². The first-order chi connectivity index (χ1) is 9.97. The van der Waals surface area contributed by atoms with Crippen molar-refractivity contribution in [1.29, 1.82) is 0 Å². The molecule has 1 aromatic rings. The van der Waals surface area contributed by atoms with E-state index in [2.05, 4.69) is 5.32 Å². The lowest BCUT2D eigenvalue weighted by Crippen LogP contribution is -2.46. The van der Waals surface area contributed by atoms with E-state index in [0.29, 0.717) is 36.6 Å². The fourth-order valence-corrected chi connectivity index (χ4v) is 2.35. The van der Waals surface area contributed by atoms with Crippen LogP contribution in [0.25, 0.3) is 0 Å². The molecule has 7 heteroatoms. The van der Waals surface area contributed by atoms with Gasteiger partial charge >= 0.3 is 11.8 Å². The lowest BCUT2D eigenvalue weighted by Gasteiger charge is -2.29. The number of rotatable bonds is 2. The molecule has 3 N–H and O–H groups in total. The summed E-state index contributed by atoms with van der Waals surface area (Å²) in [7, 11) is 0. The van der Waals surface area contributed by atoms with Gasteiger partial charge < -0.3 is 16.0 Å². The molecule has 3 amide bonds. The molecule has 6 nitrogen and oxygen atoms in total. The zero-order valence-corrected chi connectivity index (χ0v) is 12.1. The molecule has 1 fully saturated rings. The SMILES string of the molecule is NC(=O)C1CCN(C(=O)C(=O)Nc2ccc(Cl)cc2)CC1. The van der Waals surface area contributed by atoms with Gasteiger partial charge in [0.25, 0.3) is 0 Å². The normalized spacial score (nSPS) is 15.6. The highest BCUT2D eigenvalue weighted by atomic mass is 35.5. The van der Waals surface area contributed by atoms with Gasteiger partial charge in [-0.1, -0.05) is 11.6 Å². The minimum Gasteiger partial charge on any atom is -0.369 e. The lowest BCUT2D eigenvalue weighted by molar-refractivity contribution is -0.144. The second kappa shape index (κ2) is 6.58. The number of primary amides is 1. The molecule has 0 radical (unpaired) electrons. The number of anilines is 1. The first kappa shape index (κ1) is 15.3. The van der Waals surface area contributed by atoms with Gasteiger partial charge in [-0.25, -0.2) is 0 Å². The van der Waals surface area contributed by atoms with Crippen molar-refractivity contribution in [3.8, 4) is 0 Å². The van der Waals surface area contributed by atoms with Gasteiger partial charge in [0.1, 0.15) is 0 Å². The van der Waals surface area contributed by atoms with Crippen LogP contribution in [0.3, 0.4) is 0 Å². The quantitative estimate of drug-likeness (QED) is 0.798. The van der Waals surface area contributed by atoms with Gasteiger partial charge in [-0.3, -0.25) is 14.4 Å². The van der Waals surface area contributed by atoms with Crippen molar-refractivity contribution >= 4 is 35.0 Å². The van der Waals surface area contributed by atoms with E-state index in [4.69, 9.17) is 17.3 Å². The van der Waals surface area contributed by atoms with Crippen LogP contribution in [-0.4, -0.2) is 35.7 Å². The molecule has 0 bridgehead atoms. The average Bonchev–Trinajstić information content (AvgIpc) is 2.49. The summed E-state index contributed by atoms with van der Waals surface area (Å²) in [5.41, 5.74) is 5.73. The monoisotopic (exact) mass is 309 g/mol. The molecule has 0 spiro atoms. The summed E-state index contributed by atoms with van der Waals surface area (Å²) in [5, 5.41) is 3.07. The number of piperidine rings is 1. The molecule has 2 rings (SSSR count). The molecule has 112 valence electrons. The Labute approximate surface area is 127 Å². The van der Waals surface area contributed by atoms with Gasteiger partial charge in [-0.15, -0.1) is 0 Å². The number of nitrogens with two attached hydrogens (primary N) is 1. The molecule has 0 aliphatic carbocycles. The molecule has 1 aliphatic rings. The fraction of sp³-hybridized carbons (Fsp3) is 0.357. The molecule has 1 aliphatic heterocycles. The Hall–Kier alpha value is -2.08. The van der Waals surface area contributed by atoms with Crippen LogP contribution in [0.15, 0.2) is 24.3 Å². The van der Waals surface area contributed by atoms with Crippen molar-refractivity contribution < 1.29 is 14.4 Å². The largest absolute Gasteiger partial charge is 0.369 e. The third-order valence-electron chi connectivity index (χ3n) is 3.48. The summed E-state index contributed by atoms with van der Waals surface area (Å²) >= 11 is 5.75. The van der Waals surface area contributed by atoms with Gasteiger partial charge in [0.15, 0.2) is 0 Å². The third-order valence-corrected chi connectivity index (χ3v) is 3.73. The topological polar surface area (TPSA) is 92.5 Å². The third kappa shape index (κ3) is 3.95. The number of halogens is 1. The van der Waals surface area contributed by atoms with E-state index in [1.165, 1.54) is 4.90 Å². The van der Waals surface area contributed by atoms with Crippen molar-refractivity contribution in [2.24, 2.45) is 11.7 Å². The average molecular weight is 310 g/mol. The number of amides is 3. The zero-order valence-electron chi connectivity index (χ0n) is 11.3. The van der Waals surface area contributed by atoms with Crippen molar-refractivity contribution in [3.05, 3.63) is 29.3 Å². The Balaban J connectivity index is 1.90. The molecule has 21 heavy (non-hydrogen) atoms. The van der Waals surface area contributed by atoms with Crippen LogP contribution < -0.4 is 11.1 Å². The number of carbonyl (C=O) groups excluding carboxylic acids is 3. The summed E-state index contributed by atoms with van der Waals surface area (Å²) in [6, 6.07) is 6.49. The van der Waals surface area contributed by atoms with E-state index < -0.39 is 11.8 Å². The molecule has 0 saturated carbocycles. The van der Waals surface area contributed by atoms with Gasteiger partial charge in [-0.05, 0) is 37.1 Å². The molecule has 0 atom stereocenters. The summed E-state index contributed by atoms with van der Waals surface area (Å²) in [6.07, 6.45) is 0.991. The highest BCUT2D eigenvalue weighted by molar-refractivity contribution is 6.39. The van der Waals surface area contributed by atoms with Gasteiger partial charge in [0.05, 0.1) is 0 Å². The van der Waals surface area contributed by atoms with E-state index in [-0.39, 0.29) is 11.8 Å². The van der Waals surface area contributed by atoms with Crippen molar-refractivity contribution in [2.75, 3.05) is 18.4 Å². The Morgan fingerprint density at radius 2 is 1.71 bits per heavy atom. The highest BCUT2D eigenvalue weighted by Gasteiger charge is 2.29. The van der Waals surface area contributed by atoms with Crippen LogP contribution in [0.4, 0.5) is 5.69 Å². The van der Waals surface area contributed by atoms with Crippen LogP contribution in [-0.2, 0) is 14.4 Å². The molecule has 0 unspecified atom stereocenters. The van der Waals surface area contributed by atoms with Crippen LogP contribution in [0, 0.1) is 5.92 Å². The summed E-state index contributed by atoms with van der Waals surface area (Å²) < 4.78 is 0. The highest BCUT2D eigenvalue weighted by Crippen LogP contribution is 2.17. The molecule has 1 saturated heterocycles. The smallest absolute Gasteiger partial charge is 0.313 e. The van der Waals surface area contributed by atoms with Gasteiger partial charge in [0, 0.05) is 29.7 Å². The Morgan fingerprint density at radius 1 is 1.14 bits per heavy atom. The number of hydrogen-bond acceptors (Lipinski definition) is 3. The molecule has 0 aromatic heterocycles. The maximum Gasteiger partial charge on any atom is 0.313 e. The Kier molecular flexibility index (Phi) is 4.80. The van der Waals surface area contributed by atoms with E-state index in [1.807, 2.05) is 0 Å². The van der Waals surface area contributed by atoms with E-state index in [9.17, 15) is 14.4 Å². The van der Waals surface area contributed by atoms with Crippen LogP contribution in [0.2, 0.25) is 5.02 Å². The summed E-state index contributed by atoms with van der Waals surface area (Å²) in [6.45, 7) is 0.723. The van der Waals surface area contributed by atoms with E-state index >= 15 is 0 Å². The zero-order chi connectivity index (χ0) is 15.4. The number of nitrogens with one attached hydrogen (secondary N) is 1. The standard InChI is InChI=1S/C14H16ClN3O3/c15-10-1-3-11(4-2-10)17-13(20)14(21)18-7-5-9(6-8-18)12(16)19/h1-4,9H,5-8H2,(H2,16,19)(H,17,20). The van der Waals surface area contributed by atoms with Crippen LogP contribution in [0.5, 0.6) is 0 Å². The predicted molar refractivity (Wildman–Crippen MR) is 78.6 cm³/mol. The van der Waals surface area contributed by atoms with Crippen LogP contribution >= 0.6 is 11.6 Å². The second-order valence-corrected chi connectivity index (χ2v) is 5.37. The second-order valence-electron chi connectivity index (χ2n) is 4.93. The van der Waals surface area contributed by atoms with E-state index in [0.717, 1.165) is 0 Å². The first-order valence-electron chi connectivity index (χ1n) is 6.62. The number of nitrogens with zero attached hydrogens (tertiary/aromatic N) is 1. The first-order valence-corrected chi connectivity index (χ1v) is 7.00. The number of benzene rings is 1. The molecular weight excluding hydrogens is 294 g/mol. The molecule has 1 aromatic carbocycles. The minimum absolute atomic E-state index is 0.214. The summed E-state index contributed by atoms with van der Waals surface area (Å²) in [4.78, 5) is 36.4.